The van der Waals surface area contributed by atoms with Gasteiger partial charge in [0.05, 0.1) is 18.4 Å². The molecule has 3 aromatic rings. The lowest BCUT2D eigenvalue weighted by Crippen LogP contribution is -2.18. The number of ketones is 1. The summed E-state index contributed by atoms with van der Waals surface area (Å²) < 4.78 is 5.11. The Kier molecular flexibility index (Phi) is 6.04. The highest BCUT2D eigenvalue weighted by atomic mass is 16.5. The van der Waals surface area contributed by atoms with Crippen LogP contribution in [0.5, 0.6) is 5.75 Å². The highest BCUT2D eigenvalue weighted by molar-refractivity contribution is 6.12. The Hall–Kier alpha value is -3.93. The summed E-state index contributed by atoms with van der Waals surface area (Å²) >= 11 is 0. The predicted octanol–water partition coefficient (Wildman–Crippen LogP) is 4.40. The van der Waals surface area contributed by atoms with Crippen LogP contribution in [0.25, 0.3) is 0 Å². The van der Waals surface area contributed by atoms with E-state index in [1.807, 2.05) is 0 Å². The molecule has 0 bridgehead atoms. The van der Waals surface area contributed by atoms with Crippen molar-refractivity contribution in [2.45, 2.75) is 6.92 Å². The van der Waals surface area contributed by atoms with E-state index in [4.69, 9.17) is 4.74 Å². The van der Waals surface area contributed by atoms with Crippen molar-refractivity contribution in [3.05, 3.63) is 89.5 Å². The molecule has 2 amide bonds. The minimum absolute atomic E-state index is 0.0718. The Bertz CT molecular complexity index is 1040. The Labute approximate surface area is 168 Å². The first-order valence-corrected chi connectivity index (χ1v) is 8.94. The number of para-hydroxylation sites is 1. The predicted molar refractivity (Wildman–Crippen MR) is 112 cm³/mol. The molecular formula is C23H20N2O4. The largest absolute Gasteiger partial charge is 0.497 e. The van der Waals surface area contributed by atoms with Crippen molar-refractivity contribution >= 4 is 29.0 Å². The van der Waals surface area contributed by atoms with E-state index < -0.39 is 0 Å². The molecule has 0 radical (unpaired) electrons. The Morgan fingerprint density at radius 3 is 1.97 bits per heavy atom. The third-order valence-electron chi connectivity index (χ3n) is 4.32. The van der Waals surface area contributed by atoms with Gasteiger partial charge in [-0.2, -0.15) is 0 Å². The van der Waals surface area contributed by atoms with E-state index in [0.29, 0.717) is 33.8 Å². The van der Waals surface area contributed by atoms with Gasteiger partial charge in [-0.1, -0.05) is 24.3 Å². The number of carbonyl (C=O) groups excluding carboxylic acids is 3. The second-order valence-electron chi connectivity index (χ2n) is 6.32. The van der Waals surface area contributed by atoms with Crippen molar-refractivity contribution in [3.8, 4) is 5.75 Å². The highest BCUT2D eigenvalue weighted by Gasteiger charge is 2.14. The number of nitrogens with one attached hydrogen (secondary N) is 2. The number of rotatable bonds is 6. The molecule has 6 heteroatoms. The third-order valence-corrected chi connectivity index (χ3v) is 4.32. The summed E-state index contributed by atoms with van der Waals surface area (Å²) in [5, 5.41) is 5.56. The number of Topliss-reactive ketones (excluding diaryl/α,β-unsaturated/α-hetero) is 1. The summed E-state index contributed by atoms with van der Waals surface area (Å²) in [6, 6.07) is 20.0. The van der Waals surface area contributed by atoms with Gasteiger partial charge in [-0.25, -0.2) is 0 Å². The lowest BCUT2D eigenvalue weighted by Gasteiger charge is -2.12. The number of ether oxygens (including phenoxy) is 1. The molecule has 3 rings (SSSR count). The van der Waals surface area contributed by atoms with Crippen LogP contribution >= 0.6 is 0 Å². The maximum absolute atomic E-state index is 12.7. The van der Waals surface area contributed by atoms with E-state index >= 15 is 0 Å². The third kappa shape index (κ3) is 4.87. The molecule has 0 unspecified atom stereocenters. The van der Waals surface area contributed by atoms with Gasteiger partial charge >= 0.3 is 0 Å². The van der Waals surface area contributed by atoms with Gasteiger partial charge < -0.3 is 15.4 Å². The number of amides is 2. The van der Waals surface area contributed by atoms with Crippen molar-refractivity contribution in [1.82, 2.24) is 0 Å². The fourth-order valence-corrected chi connectivity index (χ4v) is 2.71. The molecule has 0 saturated carbocycles. The van der Waals surface area contributed by atoms with E-state index in [-0.39, 0.29) is 17.6 Å². The molecule has 0 saturated heterocycles. The average molecular weight is 388 g/mol. The lowest BCUT2D eigenvalue weighted by atomic mass is 10.1. The SMILES string of the molecule is COc1ccc(NC(=O)c2ccccc2NC(=O)c2ccc(C(C)=O)cc2)cc1. The quantitative estimate of drug-likeness (QED) is 0.613. The fourth-order valence-electron chi connectivity index (χ4n) is 2.71. The van der Waals surface area contributed by atoms with E-state index in [1.165, 1.54) is 6.92 Å². The zero-order valence-corrected chi connectivity index (χ0v) is 16.1. The van der Waals surface area contributed by atoms with Crippen molar-refractivity contribution in [1.29, 1.82) is 0 Å². The zero-order valence-electron chi connectivity index (χ0n) is 16.1. The second kappa shape index (κ2) is 8.84. The van der Waals surface area contributed by atoms with Crippen LogP contribution in [0.15, 0.2) is 72.8 Å². The fraction of sp³-hybridized carbons (Fsp3) is 0.0870. The molecule has 29 heavy (non-hydrogen) atoms. The van der Waals surface area contributed by atoms with E-state index in [0.717, 1.165) is 0 Å². The zero-order chi connectivity index (χ0) is 20.8. The maximum Gasteiger partial charge on any atom is 0.257 e. The van der Waals surface area contributed by atoms with Gasteiger partial charge in [-0.05, 0) is 55.5 Å². The van der Waals surface area contributed by atoms with Crippen LogP contribution in [0.4, 0.5) is 11.4 Å². The van der Waals surface area contributed by atoms with Gasteiger partial charge in [0.1, 0.15) is 5.75 Å². The summed E-state index contributed by atoms with van der Waals surface area (Å²) in [5.74, 6) is -0.105. The molecule has 6 nitrogen and oxygen atoms in total. The molecule has 0 atom stereocenters. The van der Waals surface area contributed by atoms with Gasteiger partial charge in [-0.3, -0.25) is 14.4 Å². The second-order valence-corrected chi connectivity index (χ2v) is 6.32. The van der Waals surface area contributed by atoms with Crippen molar-refractivity contribution in [2.75, 3.05) is 17.7 Å². The van der Waals surface area contributed by atoms with Gasteiger partial charge in [-0.15, -0.1) is 0 Å². The number of hydrogen-bond acceptors (Lipinski definition) is 4. The standard InChI is InChI=1S/C23H20N2O4/c1-15(26)16-7-9-17(10-8-16)22(27)25-21-6-4-3-5-20(21)23(28)24-18-11-13-19(29-2)14-12-18/h3-14H,1-2H3,(H,24,28)(H,25,27). The molecule has 3 aromatic carbocycles. The molecule has 0 aliphatic carbocycles. The Morgan fingerprint density at radius 2 is 1.34 bits per heavy atom. The van der Waals surface area contributed by atoms with Gasteiger partial charge in [0, 0.05) is 16.8 Å². The average Bonchev–Trinajstić information content (AvgIpc) is 2.74. The highest BCUT2D eigenvalue weighted by Crippen LogP contribution is 2.20. The first-order chi connectivity index (χ1) is 14.0. The smallest absolute Gasteiger partial charge is 0.257 e. The molecule has 0 fully saturated rings. The molecular weight excluding hydrogens is 368 g/mol. The van der Waals surface area contributed by atoms with Crippen molar-refractivity contribution in [2.24, 2.45) is 0 Å². The normalized spacial score (nSPS) is 10.1. The number of carbonyl (C=O) groups is 3. The molecule has 2 N–H and O–H groups in total. The minimum atomic E-state index is -0.371. The minimum Gasteiger partial charge on any atom is -0.497 e. The number of methoxy groups -OCH3 is 1. The topological polar surface area (TPSA) is 84.5 Å². The molecule has 146 valence electrons. The van der Waals surface area contributed by atoms with Crippen LogP contribution in [-0.2, 0) is 0 Å². The maximum atomic E-state index is 12.7. The Morgan fingerprint density at radius 1 is 0.724 bits per heavy atom. The van der Waals surface area contributed by atoms with E-state index in [2.05, 4.69) is 10.6 Å². The van der Waals surface area contributed by atoms with Crippen molar-refractivity contribution < 1.29 is 19.1 Å². The summed E-state index contributed by atoms with van der Waals surface area (Å²) in [6.07, 6.45) is 0. The van der Waals surface area contributed by atoms with Gasteiger partial charge in [0.15, 0.2) is 5.78 Å². The van der Waals surface area contributed by atoms with Crippen molar-refractivity contribution in [3.63, 3.8) is 0 Å². The van der Waals surface area contributed by atoms with Crippen LogP contribution in [0, 0.1) is 0 Å². The van der Waals surface area contributed by atoms with Crippen LogP contribution in [-0.4, -0.2) is 24.7 Å². The lowest BCUT2D eigenvalue weighted by molar-refractivity contribution is 0.100. The molecule has 0 aliphatic heterocycles. The number of anilines is 2. The van der Waals surface area contributed by atoms with Crippen LogP contribution in [0.1, 0.15) is 38.0 Å². The molecule has 0 aliphatic rings. The molecule has 0 aromatic heterocycles. The van der Waals surface area contributed by atoms with E-state index in [1.54, 1.807) is 79.9 Å². The Balaban J connectivity index is 1.76. The monoisotopic (exact) mass is 388 g/mol. The summed E-state index contributed by atoms with van der Waals surface area (Å²) in [4.78, 5) is 36.6. The number of hydrogen-bond donors (Lipinski definition) is 2. The van der Waals surface area contributed by atoms with Crippen LogP contribution in [0.2, 0.25) is 0 Å². The van der Waals surface area contributed by atoms with Gasteiger partial charge in [0.25, 0.3) is 11.8 Å². The summed E-state index contributed by atoms with van der Waals surface area (Å²) in [5.41, 5.74) is 2.24. The number of benzene rings is 3. The first-order valence-electron chi connectivity index (χ1n) is 8.94. The van der Waals surface area contributed by atoms with Crippen LogP contribution < -0.4 is 15.4 Å². The first kappa shape index (κ1) is 19.8. The molecule has 0 heterocycles. The van der Waals surface area contributed by atoms with Crippen LogP contribution in [0.3, 0.4) is 0 Å². The summed E-state index contributed by atoms with van der Waals surface area (Å²) in [6.45, 7) is 1.47. The van der Waals surface area contributed by atoms with E-state index in [9.17, 15) is 14.4 Å². The molecule has 0 spiro atoms. The summed E-state index contributed by atoms with van der Waals surface area (Å²) in [7, 11) is 1.57. The van der Waals surface area contributed by atoms with Gasteiger partial charge in [0.2, 0.25) is 0 Å².